The van der Waals surface area contributed by atoms with Crippen LogP contribution in [0, 0.1) is 13.8 Å². The molecule has 1 unspecified atom stereocenters. The van der Waals surface area contributed by atoms with Gasteiger partial charge in [-0.3, -0.25) is 9.59 Å². The Balaban J connectivity index is 2.20. The van der Waals surface area contributed by atoms with Gasteiger partial charge in [0.2, 0.25) is 5.91 Å². The van der Waals surface area contributed by atoms with Gasteiger partial charge >= 0.3 is 0 Å². The summed E-state index contributed by atoms with van der Waals surface area (Å²) in [6.07, 6.45) is 0.268. The number of nitrogens with zero attached hydrogens (tertiary/aromatic N) is 1. The molecule has 1 aliphatic rings. The summed E-state index contributed by atoms with van der Waals surface area (Å²) in [7, 11) is 0. The standard InChI is InChI=1S/C15H15N3O2/c1-8-4-3-5-10(6-8)11-7-12(19)18-14-13(11)15(20)17-9(2)16-14/h3-6,11H,7H2,1-2H3,(H2,16,17,18,19,20). The van der Waals surface area contributed by atoms with Crippen LogP contribution >= 0.6 is 0 Å². The molecule has 1 aromatic carbocycles. The Morgan fingerprint density at radius 1 is 1.25 bits per heavy atom. The van der Waals surface area contributed by atoms with Crippen LogP contribution in [0.15, 0.2) is 29.1 Å². The molecule has 1 atom stereocenters. The van der Waals surface area contributed by atoms with E-state index in [1.165, 1.54) is 0 Å². The van der Waals surface area contributed by atoms with Crippen LogP contribution in [0.1, 0.15) is 34.9 Å². The second kappa shape index (κ2) is 4.59. The van der Waals surface area contributed by atoms with Crippen LogP contribution in [0.5, 0.6) is 0 Å². The van der Waals surface area contributed by atoms with E-state index in [0.29, 0.717) is 17.2 Å². The average molecular weight is 269 g/mol. The molecule has 0 spiro atoms. The summed E-state index contributed by atoms with van der Waals surface area (Å²) >= 11 is 0. The molecule has 2 heterocycles. The van der Waals surface area contributed by atoms with E-state index in [9.17, 15) is 9.59 Å². The number of hydrogen-bond acceptors (Lipinski definition) is 3. The van der Waals surface area contributed by atoms with Crippen molar-refractivity contribution >= 4 is 11.7 Å². The third-order valence-electron chi connectivity index (χ3n) is 3.51. The van der Waals surface area contributed by atoms with Crippen molar-refractivity contribution in [3.05, 3.63) is 57.1 Å². The molecule has 0 aliphatic carbocycles. The Morgan fingerprint density at radius 3 is 2.80 bits per heavy atom. The van der Waals surface area contributed by atoms with E-state index < -0.39 is 0 Å². The molecule has 20 heavy (non-hydrogen) atoms. The second-order valence-electron chi connectivity index (χ2n) is 5.13. The average Bonchev–Trinajstić information content (AvgIpc) is 2.36. The van der Waals surface area contributed by atoms with Crippen molar-refractivity contribution in [2.45, 2.75) is 26.2 Å². The summed E-state index contributed by atoms with van der Waals surface area (Å²) < 4.78 is 0. The minimum atomic E-state index is -0.240. The van der Waals surface area contributed by atoms with Crippen LogP contribution in [0.25, 0.3) is 0 Å². The van der Waals surface area contributed by atoms with Gasteiger partial charge in [-0.1, -0.05) is 29.8 Å². The summed E-state index contributed by atoms with van der Waals surface area (Å²) in [6, 6.07) is 7.88. The van der Waals surface area contributed by atoms with Crippen molar-refractivity contribution in [1.82, 2.24) is 9.97 Å². The molecule has 0 radical (unpaired) electrons. The van der Waals surface area contributed by atoms with Gasteiger partial charge in [0, 0.05) is 12.3 Å². The predicted octanol–water partition coefficient (Wildman–Crippen LogP) is 1.86. The minimum absolute atomic E-state index is 0.110. The van der Waals surface area contributed by atoms with Crippen molar-refractivity contribution in [3.8, 4) is 0 Å². The zero-order valence-electron chi connectivity index (χ0n) is 11.4. The number of carbonyl (C=O) groups excluding carboxylic acids is 1. The largest absolute Gasteiger partial charge is 0.310 e. The molecule has 1 amide bonds. The Hall–Kier alpha value is -2.43. The Morgan fingerprint density at radius 2 is 2.05 bits per heavy atom. The van der Waals surface area contributed by atoms with E-state index in [2.05, 4.69) is 15.3 Å². The minimum Gasteiger partial charge on any atom is -0.310 e. The van der Waals surface area contributed by atoms with Gasteiger partial charge in [-0.15, -0.1) is 0 Å². The highest BCUT2D eigenvalue weighted by atomic mass is 16.2. The fourth-order valence-corrected chi connectivity index (χ4v) is 2.66. The van der Waals surface area contributed by atoms with Crippen LogP contribution in [-0.4, -0.2) is 15.9 Å². The molecule has 2 N–H and O–H groups in total. The molecular weight excluding hydrogens is 254 g/mol. The first-order valence-electron chi connectivity index (χ1n) is 6.52. The van der Waals surface area contributed by atoms with Gasteiger partial charge in [0.05, 0.1) is 5.56 Å². The zero-order valence-corrected chi connectivity index (χ0v) is 11.4. The number of anilines is 1. The number of rotatable bonds is 1. The lowest BCUT2D eigenvalue weighted by atomic mass is 9.86. The lowest BCUT2D eigenvalue weighted by Crippen LogP contribution is -2.31. The van der Waals surface area contributed by atoms with Crippen LogP contribution in [0.2, 0.25) is 0 Å². The Kier molecular flexibility index (Phi) is 2.89. The van der Waals surface area contributed by atoms with Gasteiger partial charge < -0.3 is 10.3 Å². The number of aromatic amines is 1. The molecule has 0 bridgehead atoms. The normalized spacial score (nSPS) is 17.5. The third kappa shape index (κ3) is 2.11. The molecule has 1 aromatic heterocycles. The number of fused-ring (bicyclic) bond motifs is 1. The molecule has 0 fully saturated rings. The molecule has 1 aliphatic heterocycles. The number of nitrogens with one attached hydrogen (secondary N) is 2. The van der Waals surface area contributed by atoms with Crippen LogP contribution in [0.4, 0.5) is 5.82 Å². The lowest BCUT2D eigenvalue weighted by molar-refractivity contribution is -0.116. The number of aromatic nitrogens is 2. The van der Waals surface area contributed by atoms with Gasteiger partial charge in [-0.2, -0.15) is 0 Å². The van der Waals surface area contributed by atoms with Gasteiger partial charge in [0.15, 0.2) is 0 Å². The summed E-state index contributed by atoms with van der Waals surface area (Å²) in [6.45, 7) is 3.69. The van der Waals surface area contributed by atoms with E-state index >= 15 is 0 Å². The van der Waals surface area contributed by atoms with E-state index in [1.807, 2.05) is 31.2 Å². The highest BCUT2D eigenvalue weighted by Crippen LogP contribution is 2.33. The summed E-state index contributed by atoms with van der Waals surface area (Å²) in [5.41, 5.74) is 2.43. The van der Waals surface area contributed by atoms with E-state index in [-0.39, 0.29) is 23.8 Å². The SMILES string of the molecule is Cc1cccc(C2CC(=O)Nc3nc(C)[nH]c(=O)c32)c1. The summed E-state index contributed by atoms with van der Waals surface area (Å²) in [4.78, 5) is 31.0. The molecule has 2 aromatic rings. The number of carbonyl (C=O) groups is 1. The predicted molar refractivity (Wildman–Crippen MR) is 75.9 cm³/mol. The topological polar surface area (TPSA) is 74.8 Å². The molecule has 5 heteroatoms. The van der Waals surface area contributed by atoms with Gasteiger partial charge in [-0.25, -0.2) is 4.98 Å². The summed E-state index contributed by atoms with van der Waals surface area (Å²) in [5, 5.41) is 2.69. The van der Waals surface area contributed by atoms with Crippen LogP contribution in [-0.2, 0) is 4.79 Å². The maximum absolute atomic E-state index is 12.2. The molecule has 0 saturated carbocycles. The number of H-pyrrole nitrogens is 1. The van der Waals surface area contributed by atoms with Crippen molar-refractivity contribution in [3.63, 3.8) is 0 Å². The lowest BCUT2D eigenvalue weighted by Gasteiger charge is -2.24. The number of aryl methyl sites for hydroxylation is 2. The summed E-state index contributed by atoms with van der Waals surface area (Å²) in [5.74, 6) is 0.532. The molecule has 102 valence electrons. The molecule has 5 nitrogen and oxygen atoms in total. The van der Waals surface area contributed by atoms with E-state index in [4.69, 9.17) is 0 Å². The van der Waals surface area contributed by atoms with Gasteiger partial charge in [0.25, 0.3) is 5.56 Å². The molecule has 0 saturated heterocycles. The highest BCUT2D eigenvalue weighted by Gasteiger charge is 2.30. The van der Waals surface area contributed by atoms with Crippen molar-refractivity contribution in [2.24, 2.45) is 0 Å². The highest BCUT2D eigenvalue weighted by molar-refractivity contribution is 5.94. The zero-order chi connectivity index (χ0) is 14.3. The quantitative estimate of drug-likeness (QED) is 0.829. The fourth-order valence-electron chi connectivity index (χ4n) is 2.66. The Labute approximate surface area is 116 Å². The Bertz CT molecular complexity index is 749. The molecule has 3 rings (SSSR count). The fraction of sp³-hybridized carbons (Fsp3) is 0.267. The van der Waals surface area contributed by atoms with Crippen molar-refractivity contribution in [1.29, 1.82) is 0 Å². The number of benzene rings is 1. The van der Waals surface area contributed by atoms with Gasteiger partial charge in [0.1, 0.15) is 11.6 Å². The monoisotopic (exact) mass is 269 g/mol. The van der Waals surface area contributed by atoms with Gasteiger partial charge in [-0.05, 0) is 19.4 Å². The molecular formula is C15H15N3O2. The number of amides is 1. The smallest absolute Gasteiger partial charge is 0.256 e. The first-order valence-corrected chi connectivity index (χ1v) is 6.52. The van der Waals surface area contributed by atoms with Crippen molar-refractivity contribution < 1.29 is 4.79 Å². The maximum Gasteiger partial charge on any atom is 0.256 e. The maximum atomic E-state index is 12.2. The van der Waals surface area contributed by atoms with Crippen LogP contribution in [0.3, 0.4) is 0 Å². The van der Waals surface area contributed by atoms with E-state index in [0.717, 1.165) is 11.1 Å². The first-order chi connectivity index (χ1) is 9.54. The van der Waals surface area contributed by atoms with Crippen molar-refractivity contribution in [2.75, 3.05) is 5.32 Å². The second-order valence-corrected chi connectivity index (χ2v) is 5.13. The first kappa shape index (κ1) is 12.6. The van der Waals surface area contributed by atoms with Crippen LogP contribution < -0.4 is 10.9 Å². The number of hydrogen-bond donors (Lipinski definition) is 2. The third-order valence-corrected chi connectivity index (χ3v) is 3.51. The van der Waals surface area contributed by atoms with E-state index in [1.54, 1.807) is 6.92 Å².